The molecule has 4 rings (SSSR count). The first-order valence-corrected chi connectivity index (χ1v) is 11.5. The van der Waals surface area contributed by atoms with Crippen LogP contribution < -0.4 is 10.9 Å². The molecule has 0 radical (unpaired) electrons. The van der Waals surface area contributed by atoms with Crippen LogP contribution in [0.4, 0.5) is 0 Å². The summed E-state index contributed by atoms with van der Waals surface area (Å²) < 4.78 is 3.53. The van der Waals surface area contributed by atoms with Crippen LogP contribution in [0, 0.1) is 5.92 Å². The second kappa shape index (κ2) is 9.52. The van der Waals surface area contributed by atoms with Gasteiger partial charge in [0.05, 0.1) is 22.5 Å². The van der Waals surface area contributed by atoms with Crippen LogP contribution in [-0.4, -0.2) is 30.5 Å². The van der Waals surface area contributed by atoms with Gasteiger partial charge in [-0.15, -0.1) is 5.10 Å². The summed E-state index contributed by atoms with van der Waals surface area (Å²) in [4.78, 5) is 30.3. The Bertz CT molecular complexity index is 1340. The van der Waals surface area contributed by atoms with Crippen LogP contribution in [0.25, 0.3) is 21.9 Å². The van der Waals surface area contributed by atoms with Gasteiger partial charge in [0.25, 0.3) is 5.56 Å². The van der Waals surface area contributed by atoms with Crippen LogP contribution in [0.3, 0.4) is 0 Å². The average molecular weight is 447 g/mol. The second-order valence-electron chi connectivity index (χ2n) is 8.95. The number of nitrogens with one attached hydrogen (secondary N) is 1. The van der Waals surface area contributed by atoms with Crippen molar-refractivity contribution in [2.75, 3.05) is 0 Å². The minimum Gasteiger partial charge on any atom is -0.346 e. The number of hydrogen-bond acceptors (Lipinski definition) is 5. The third-order valence-corrected chi connectivity index (χ3v) is 5.80. The molecular weight excluding hydrogens is 416 g/mol. The Morgan fingerprint density at radius 3 is 2.42 bits per heavy atom. The van der Waals surface area contributed by atoms with Gasteiger partial charge < -0.3 is 9.88 Å². The van der Waals surface area contributed by atoms with Crippen molar-refractivity contribution < 1.29 is 4.79 Å². The summed E-state index contributed by atoms with van der Waals surface area (Å²) in [5.41, 5.74) is 2.38. The predicted octanol–water partition coefficient (Wildman–Crippen LogP) is 4.02. The summed E-state index contributed by atoms with van der Waals surface area (Å²) in [6.07, 6.45) is 0.774. The fraction of sp³-hybridized carbons (Fsp3) is 0.400. The van der Waals surface area contributed by atoms with E-state index in [1.54, 1.807) is 18.2 Å². The van der Waals surface area contributed by atoms with E-state index in [9.17, 15) is 9.59 Å². The lowest BCUT2D eigenvalue weighted by molar-refractivity contribution is -0.122. The van der Waals surface area contributed by atoms with Crippen molar-refractivity contribution in [1.82, 2.24) is 29.9 Å². The minimum atomic E-state index is -0.213. The van der Waals surface area contributed by atoms with E-state index in [1.807, 2.05) is 24.3 Å². The van der Waals surface area contributed by atoms with Crippen molar-refractivity contribution in [1.29, 1.82) is 0 Å². The van der Waals surface area contributed by atoms with Crippen LogP contribution in [-0.2, 0) is 11.3 Å². The van der Waals surface area contributed by atoms with Gasteiger partial charge in [0, 0.05) is 19.0 Å². The number of aromatic nitrogens is 5. The van der Waals surface area contributed by atoms with Gasteiger partial charge in [-0.05, 0) is 50.5 Å². The fourth-order valence-corrected chi connectivity index (χ4v) is 4.16. The van der Waals surface area contributed by atoms with Gasteiger partial charge >= 0.3 is 0 Å². The molecule has 0 aliphatic carbocycles. The molecule has 0 bridgehead atoms. The number of imidazole rings is 1. The van der Waals surface area contributed by atoms with Crippen LogP contribution in [0.15, 0.2) is 53.3 Å². The Morgan fingerprint density at radius 1 is 1.00 bits per heavy atom. The number of para-hydroxylation sites is 2. The molecule has 1 amide bonds. The molecule has 0 unspecified atom stereocenters. The Kier molecular flexibility index (Phi) is 6.53. The Labute approximate surface area is 192 Å². The maximum absolute atomic E-state index is 12.8. The summed E-state index contributed by atoms with van der Waals surface area (Å²) in [6, 6.07) is 15.2. The van der Waals surface area contributed by atoms with E-state index in [0.29, 0.717) is 23.9 Å². The number of nitrogens with zero attached hydrogens (tertiary/aromatic N) is 5. The summed E-state index contributed by atoms with van der Waals surface area (Å²) in [5, 5.41) is 11.8. The summed E-state index contributed by atoms with van der Waals surface area (Å²) in [6.45, 7) is 8.75. The minimum absolute atomic E-state index is 0.0714. The molecule has 1 N–H and O–H groups in total. The zero-order chi connectivity index (χ0) is 23.5. The lowest BCUT2D eigenvalue weighted by Gasteiger charge is -2.25. The summed E-state index contributed by atoms with van der Waals surface area (Å²) in [7, 11) is 0. The number of aryl methyl sites for hydroxylation is 1. The van der Waals surface area contributed by atoms with Gasteiger partial charge in [-0.25, -0.2) is 9.67 Å². The van der Waals surface area contributed by atoms with E-state index >= 15 is 0 Å². The number of fused-ring (bicyclic) bond motifs is 2. The molecule has 33 heavy (non-hydrogen) atoms. The van der Waals surface area contributed by atoms with Crippen molar-refractivity contribution in [2.24, 2.45) is 5.92 Å². The quantitative estimate of drug-likeness (QED) is 0.441. The topological polar surface area (TPSA) is 94.7 Å². The van der Waals surface area contributed by atoms with E-state index in [2.05, 4.69) is 54.0 Å². The Balaban J connectivity index is 1.47. The van der Waals surface area contributed by atoms with Crippen molar-refractivity contribution >= 4 is 27.8 Å². The van der Waals surface area contributed by atoms with Crippen molar-refractivity contribution in [2.45, 2.75) is 59.2 Å². The monoisotopic (exact) mass is 446 g/mol. The van der Waals surface area contributed by atoms with E-state index in [1.165, 1.54) is 4.68 Å². The lowest BCUT2D eigenvalue weighted by Crippen LogP contribution is -2.34. The number of rotatable bonds is 8. The molecule has 2 aromatic carbocycles. The molecule has 0 spiro atoms. The highest BCUT2D eigenvalue weighted by Crippen LogP contribution is 2.28. The summed E-state index contributed by atoms with van der Waals surface area (Å²) >= 11 is 0. The Hall–Kier alpha value is -3.55. The molecule has 0 aliphatic rings. The largest absolute Gasteiger partial charge is 0.346 e. The van der Waals surface area contributed by atoms with Crippen molar-refractivity contribution in [3.8, 4) is 0 Å². The fourth-order valence-electron chi connectivity index (χ4n) is 4.16. The van der Waals surface area contributed by atoms with Gasteiger partial charge in [0.2, 0.25) is 5.91 Å². The van der Waals surface area contributed by atoms with Gasteiger partial charge in [0.15, 0.2) is 0 Å². The van der Waals surface area contributed by atoms with Gasteiger partial charge in [-0.1, -0.05) is 43.3 Å². The number of benzene rings is 2. The lowest BCUT2D eigenvalue weighted by atomic mass is 10.0. The zero-order valence-electron chi connectivity index (χ0n) is 19.5. The molecule has 172 valence electrons. The highest BCUT2D eigenvalue weighted by atomic mass is 16.1. The number of amides is 1. The first-order valence-electron chi connectivity index (χ1n) is 11.5. The summed E-state index contributed by atoms with van der Waals surface area (Å²) in [5.74, 6) is 0.960. The molecular formula is C25H30N6O2. The van der Waals surface area contributed by atoms with E-state index < -0.39 is 0 Å². The third-order valence-electron chi connectivity index (χ3n) is 5.80. The highest BCUT2D eigenvalue weighted by molar-refractivity contribution is 5.78. The molecule has 4 aromatic rings. The van der Waals surface area contributed by atoms with Crippen LogP contribution in [0.2, 0.25) is 0 Å². The molecule has 0 aliphatic heterocycles. The molecule has 0 saturated heterocycles. The van der Waals surface area contributed by atoms with Gasteiger partial charge in [-0.2, -0.15) is 0 Å². The molecule has 8 heteroatoms. The van der Waals surface area contributed by atoms with E-state index in [4.69, 9.17) is 4.98 Å². The van der Waals surface area contributed by atoms with Crippen LogP contribution >= 0.6 is 0 Å². The molecule has 1 atom stereocenters. The number of carbonyl (C=O) groups excluding carboxylic acids is 1. The SMILES string of the molecule is CC(C)[C@@H](NC(=O)CCCn1nnc2ccccc2c1=O)c1nc2ccccc2n1C(C)C. The van der Waals surface area contributed by atoms with E-state index in [-0.39, 0.29) is 35.9 Å². The second-order valence-corrected chi connectivity index (χ2v) is 8.95. The predicted molar refractivity (Wildman–Crippen MR) is 129 cm³/mol. The first-order chi connectivity index (χ1) is 15.9. The maximum atomic E-state index is 12.8. The number of hydrogen-bond donors (Lipinski definition) is 1. The standard InChI is InChI=1S/C25H30N6O2/c1-16(2)23(24-26-20-12-7-8-13-21(20)31(24)17(3)4)27-22(32)14-9-15-30-25(33)18-10-5-6-11-19(18)28-29-30/h5-8,10-13,16-17,23H,9,14-15H2,1-4H3,(H,27,32)/t23-/m1/s1. The van der Waals surface area contributed by atoms with Gasteiger partial charge in [0.1, 0.15) is 11.3 Å². The van der Waals surface area contributed by atoms with E-state index in [0.717, 1.165) is 16.9 Å². The molecule has 2 aromatic heterocycles. The van der Waals surface area contributed by atoms with Crippen LogP contribution in [0.1, 0.15) is 58.4 Å². The molecule has 8 nitrogen and oxygen atoms in total. The third kappa shape index (κ3) is 4.65. The number of carbonyl (C=O) groups is 1. The zero-order valence-corrected chi connectivity index (χ0v) is 19.5. The first kappa shape index (κ1) is 22.6. The maximum Gasteiger partial charge on any atom is 0.277 e. The average Bonchev–Trinajstić information content (AvgIpc) is 3.18. The van der Waals surface area contributed by atoms with Crippen molar-refractivity contribution in [3.63, 3.8) is 0 Å². The molecule has 0 fully saturated rings. The normalized spacial score (nSPS) is 12.7. The Morgan fingerprint density at radius 2 is 1.70 bits per heavy atom. The molecule has 2 heterocycles. The highest BCUT2D eigenvalue weighted by Gasteiger charge is 2.25. The van der Waals surface area contributed by atoms with Crippen LogP contribution in [0.5, 0.6) is 0 Å². The van der Waals surface area contributed by atoms with Crippen molar-refractivity contribution in [3.05, 3.63) is 64.7 Å². The molecule has 0 saturated carbocycles. The van der Waals surface area contributed by atoms with Gasteiger partial charge in [-0.3, -0.25) is 9.59 Å². The smallest absolute Gasteiger partial charge is 0.277 e.